The molecule has 0 saturated carbocycles. The van der Waals surface area contributed by atoms with E-state index in [0.29, 0.717) is 0 Å². The average Bonchev–Trinajstić information content (AvgIpc) is 2.73. The van der Waals surface area contributed by atoms with Gasteiger partial charge in [0.05, 0.1) is 22.8 Å². The molecule has 2 rings (SSSR count). The fraction of sp³-hybridized carbons (Fsp3) is 0.375. The van der Waals surface area contributed by atoms with Crippen LogP contribution in [0, 0.1) is 6.92 Å². The first-order valence-electron chi connectivity index (χ1n) is 4.21. The molecule has 14 heavy (non-hydrogen) atoms. The minimum atomic E-state index is -0.163. The van der Waals surface area contributed by atoms with Crippen LogP contribution in [0.15, 0.2) is 12.4 Å². The predicted molar refractivity (Wildman–Crippen MR) is 53.9 cm³/mol. The highest BCUT2D eigenvalue weighted by atomic mass is 32.1. The zero-order chi connectivity index (χ0) is 10.1. The second-order valence-corrected chi connectivity index (χ2v) is 3.93. The third-order valence-electron chi connectivity index (χ3n) is 2.05. The van der Waals surface area contributed by atoms with Gasteiger partial charge in [-0.1, -0.05) is 4.49 Å². The van der Waals surface area contributed by atoms with Crippen molar-refractivity contribution in [3.63, 3.8) is 0 Å². The summed E-state index contributed by atoms with van der Waals surface area (Å²) in [6.45, 7) is 1.91. The quantitative estimate of drug-likeness (QED) is 0.787. The highest BCUT2D eigenvalue weighted by molar-refractivity contribution is 7.05. The number of rotatable bonds is 2. The van der Waals surface area contributed by atoms with Gasteiger partial charge in [0.25, 0.3) is 0 Å². The van der Waals surface area contributed by atoms with Gasteiger partial charge in [-0.15, -0.1) is 5.10 Å². The van der Waals surface area contributed by atoms with Crippen LogP contribution in [0.25, 0.3) is 0 Å². The van der Waals surface area contributed by atoms with E-state index < -0.39 is 0 Å². The van der Waals surface area contributed by atoms with Gasteiger partial charge in [0.15, 0.2) is 0 Å². The van der Waals surface area contributed by atoms with Gasteiger partial charge in [-0.3, -0.25) is 4.68 Å². The summed E-state index contributed by atoms with van der Waals surface area (Å²) in [5.74, 6) is 0. The van der Waals surface area contributed by atoms with Crippen LogP contribution >= 0.6 is 11.5 Å². The Morgan fingerprint density at radius 2 is 2.36 bits per heavy atom. The Morgan fingerprint density at radius 3 is 2.86 bits per heavy atom. The van der Waals surface area contributed by atoms with Gasteiger partial charge in [0.2, 0.25) is 0 Å². The molecule has 1 unspecified atom stereocenters. The molecular formula is C8H11N5S. The third-order valence-corrected chi connectivity index (χ3v) is 2.96. The SMILES string of the molecule is Cc1nnsc1C(N)c1cnn(C)c1. The maximum absolute atomic E-state index is 6.05. The zero-order valence-electron chi connectivity index (χ0n) is 8.01. The molecule has 2 N–H and O–H groups in total. The van der Waals surface area contributed by atoms with E-state index in [-0.39, 0.29) is 6.04 Å². The van der Waals surface area contributed by atoms with Crippen molar-refractivity contribution in [1.82, 2.24) is 19.4 Å². The van der Waals surface area contributed by atoms with Crippen molar-refractivity contribution >= 4 is 11.5 Å². The lowest BCUT2D eigenvalue weighted by molar-refractivity contribution is 0.765. The molecule has 5 nitrogen and oxygen atoms in total. The first-order chi connectivity index (χ1) is 6.68. The zero-order valence-corrected chi connectivity index (χ0v) is 8.82. The minimum Gasteiger partial charge on any atom is -0.319 e. The molecule has 0 aliphatic rings. The smallest absolute Gasteiger partial charge is 0.0776 e. The maximum Gasteiger partial charge on any atom is 0.0776 e. The summed E-state index contributed by atoms with van der Waals surface area (Å²) in [7, 11) is 1.87. The predicted octanol–water partition coefficient (Wildman–Crippen LogP) is 0.628. The molecule has 0 radical (unpaired) electrons. The Hall–Kier alpha value is -1.27. The monoisotopic (exact) mass is 209 g/mol. The fourth-order valence-corrected chi connectivity index (χ4v) is 1.95. The van der Waals surface area contributed by atoms with Gasteiger partial charge < -0.3 is 5.73 Å². The minimum absolute atomic E-state index is 0.163. The van der Waals surface area contributed by atoms with E-state index in [9.17, 15) is 0 Å². The van der Waals surface area contributed by atoms with E-state index in [1.165, 1.54) is 11.5 Å². The summed E-state index contributed by atoms with van der Waals surface area (Å²) < 4.78 is 5.59. The van der Waals surface area contributed by atoms with Gasteiger partial charge in [0, 0.05) is 18.8 Å². The molecule has 0 aliphatic carbocycles. The lowest BCUT2D eigenvalue weighted by Crippen LogP contribution is -2.10. The van der Waals surface area contributed by atoms with E-state index in [2.05, 4.69) is 14.7 Å². The van der Waals surface area contributed by atoms with Crippen molar-refractivity contribution in [2.24, 2.45) is 12.8 Å². The van der Waals surface area contributed by atoms with Crippen molar-refractivity contribution < 1.29 is 0 Å². The molecule has 0 saturated heterocycles. The normalized spacial score (nSPS) is 13.1. The Morgan fingerprint density at radius 1 is 1.57 bits per heavy atom. The second kappa shape index (κ2) is 3.47. The van der Waals surface area contributed by atoms with E-state index in [4.69, 9.17) is 5.73 Å². The highest BCUT2D eigenvalue weighted by Crippen LogP contribution is 2.23. The van der Waals surface area contributed by atoms with Crippen molar-refractivity contribution in [3.05, 3.63) is 28.5 Å². The number of nitrogens with two attached hydrogens (primary N) is 1. The summed E-state index contributed by atoms with van der Waals surface area (Å²) in [6, 6.07) is -0.163. The van der Waals surface area contributed by atoms with E-state index >= 15 is 0 Å². The van der Waals surface area contributed by atoms with Gasteiger partial charge in [0.1, 0.15) is 0 Å². The molecule has 2 aromatic rings. The Kier molecular flexibility index (Phi) is 2.30. The molecule has 0 aromatic carbocycles. The highest BCUT2D eigenvalue weighted by Gasteiger charge is 2.15. The molecule has 2 aromatic heterocycles. The fourth-order valence-electron chi connectivity index (χ4n) is 1.27. The molecule has 0 fully saturated rings. The molecule has 6 heteroatoms. The maximum atomic E-state index is 6.05. The van der Waals surface area contributed by atoms with Crippen LogP contribution in [-0.2, 0) is 7.05 Å². The van der Waals surface area contributed by atoms with Crippen LogP contribution < -0.4 is 5.73 Å². The van der Waals surface area contributed by atoms with Crippen molar-refractivity contribution in [1.29, 1.82) is 0 Å². The summed E-state index contributed by atoms with van der Waals surface area (Å²) in [4.78, 5) is 0.998. The van der Waals surface area contributed by atoms with Crippen molar-refractivity contribution in [2.45, 2.75) is 13.0 Å². The number of nitrogens with zero attached hydrogens (tertiary/aromatic N) is 4. The summed E-state index contributed by atoms with van der Waals surface area (Å²) >= 11 is 1.34. The molecule has 2 heterocycles. The van der Waals surface area contributed by atoms with Crippen LogP contribution in [0.1, 0.15) is 22.2 Å². The Labute approximate surface area is 85.7 Å². The van der Waals surface area contributed by atoms with E-state index in [0.717, 1.165) is 16.1 Å². The van der Waals surface area contributed by atoms with E-state index in [1.54, 1.807) is 10.9 Å². The van der Waals surface area contributed by atoms with Crippen LogP contribution in [0.5, 0.6) is 0 Å². The summed E-state index contributed by atoms with van der Waals surface area (Å²) in [6.07, 6.45) is 3.67. The van der Waals surface area contributed by atoms with Crippen LogP contribution in [0.4, 0.5) is 0 Å². The van der Waals surface area contributed by atoms with Crippen molar-refractivity contribution in [2.75, 3.05) is 0 Å². The molecule has 0 bridgehead atoms. The number of hydrogen-bond donors (Lipinski definition) is 1. The Bertz CT molecular complexity index is 432. The Balaban J connectivity index is 2.33. The van der Waals surface area contributed by atoms with Gasteiger partial charge >= 0.3 is 0 Å². The lowest BCUT2D eigenvalue weighted by Gasteiger charge is -2.05. The van der Waals surface area contributed by atoms with Gasteiger partial charge in [-0.25, -0.2) is 0 Å². The van der Waals surface area contributed by atoms with Crippen LogP contribution in [0.3, 0.4) is 0 Å². The topological polar surface area (TPSA) is 69.6 Å². The average molecular weight is 209 g/mol. The molecule has 0 spiro atoms. The number of aryl methyl sites for hydroxylation is 2. The van der Waals surface area contributed by atoms with E-state index in [1.807, 2.05) is 20.2 Å². The second-order valence-electron chi connectivity index (χ2n) is 3.15. The first kappa shape index (κ1) is 9.29. The number of aromatic nitrogens is 4. The molecule has 0 amide bonds. The lowest BCUT2D eigenvalue weighted by atomic mass is 10.1. The summed E-state index contributed by atoms with van der Waals surface area (Å²) in [5.41, 5.74) is 7.93. The standard InChI is InChI=1S/C8H11N5S/c1-5-8(14-12-11-5)7(9)6-3-10-13(2)4-6/h3-4,7H,9H2,1-2H3. The molecule has 1 atom stereocenters. The van der Waals surface area contributed by atoms with Gasteiger partial charge in [-0.2, -0.15) is 5.10 Å². The number of hydrogen-bond acceptors (Lipinski definition) is 5. The first-order valence-corrected chi connectivity index (χ1v) is 4.99. The van der Waals surface area contributed by atoms with Gasteiger partial charge in [-0.05, 0) is 18.5 Å². The van der Waals surface area contributed by atoms with Crippen LogP contribution in [-0.4, -0.2) is 19.4 Å². The molecular weight excluding hydrogens is 198 g/mol. The van der Waals surface area contributed by atoms with Crippen molar-refractivity contribution in [3.8, 4) is 0 Å². The largest absolute Gasteiger partial charge is 0.319 e. The molecule has 74 valence electrons. The van der Waals surface area contributed by atoms with Crippen LogP contribution in [0.2, 0.25) is 0 Å². The summed E-state index contributed by atoms with van der Waals surface area (Å²) in [5, 5.41) is 8.01. The third kappa shape index (κ3) is 1.53. The molecule has 0 aliphatic heterocycles.